The number of fused-ring (bicyclic) bond motifs is 1. The van der Waals surface area contributed by atoms with E-state index in [-0.39, 0.29) is 5.91 Å². The van der Waals surface area contributed by atoms with Crippen molar-refractivity contribution in [2.45, 2.75) is 18.4 Å². The molecule has 1 N–H and O–H groups in total. The summed E-state index contributed by atoms with van der Waals surface area (Å²) in [6.07, 6.45) is 0. The van der Waals surface area contributed by atoms with Gasteiger partial charge in [0.2, 0.25) is 0 Å². The van der Waals surface area contributed by atoms with Crippen LogP contribution in [0.1, 0.15) is 27.2 Å². The van der Waals surface area contributed by atoms with Gasteiger partial charge in [-0.05, 0) is 37.3 Å². The lowest BCUT2D eigenvalue weighted by Crippen LogP contribution is -2.16. The molecule has 1 unspecified atom stereocenters. The Labute approximate surface area is 158 Å². The maximum Gasteiger partial charge on any atom is 0.256 e. The summed E-state index contributed by atoms with van der Waals surface area (Å²) in [7, 11) is -0.978. The summed E-state index contributed by atoms with van der Waals surface area (Å²) < 4.78 is 13.6. The van der Waals surface area contributed by atoms with E-state index in [1.165, 1.54) is 0 Å². The molecule has 132 valence electrons. The molecule has 1 amide bonds. The molecule has 1 atom stereocenters. The van der Waals surface area contributed by atoms with Crippen LogP contribution in [-0.4, -0.2) is 19.9 Å². The minimum atomic E-state index is -0.978. The first-order chi connectivity index (χ1) is 12.5. The van der Waals surface area contributed by atoms with E-state index in [9.17, 15) is 9.00 Å². The standard InChI is InChI=1S/C19H16ClN3O2S/c1-12-5-7-15(8-6-12)23-18(16-10-26(25)11-17(16)22-23)21-19(24)13-3-2-4-14(20)9-13/h2-9H,10-11H2,1H3,(H,21,24). The van der Waals surface area contributed by atoms with Crippen molar-refractivity contribution in [2.24, 2.45) is 0 Å². The van der Waals surface area contributed by atoms with Gasteiger partial charge in [-0.3, -0.25) is 9.00 Å². The molecule has 7 heteroatoms. The van der Waals surface area contributed by atoms with Crippen molar-refractivity contribution in [3.8, 4) is 5.69 Å². The fraction of sp³-hybridized carbons (Fsp3) is 0.158. The van der Waals surface area contributed by atoms with Gasteiger partial charge in [0.1, 0.15) is 5.82 Å². The highest BCUT2D eigenvalue weighted by molar-refractivity contribution is 7.83. The number of benzene rings is 2. The molecule has 0 bridgehead atoms. The van der Waals surface area contributed by atoms with E-state index in [1.54, 1.807) is 28.9 Å². The summed E-state index contributed by atoms with van der Waals surface area (Å²) in [6, 6.07) is 14.6. The summed E-state index contributed by atoms with van der Waals surface area (Å²) in [6.45, 7) is 2.01. The summed E-state index contributed by atoms with van der Waals surface area (Å²) in [5, 5.41) is 8.02. The molecule has 5 nitrogen and oxygen atoms in total. The second-order valence-electron chi connectivity index (χ2n) is 6.21. The highest BCUT2D eigenvalue weighted by Gasteiger charge is 2.28. The molecule has 2 heterocycles. The average molecular weight is 386 g/mol. The van der Waals surface area contributed by atoms with Crippen LogP contribution in [0.3, 0.4) is 0 Å². The van der Waals surface area contributed by atoms with Gasteiger partial charge in [0.05, 0.1) is 22.9 Å². The van der Waals surface area contributed by atoms with E-state index in [1.807, 2.05) is 31.2 Å². The zero-order valence-electron chi connectivity index (χ0n) is 14.0. The molecule has 0 saturated heterocycles. The van der Waals surface area contributed by atoms with Crippen LogP contribution in [0.2, 0.25) is 5.02 Å². The number of hydrogen-bond donors (Lipinski definition) is 1. The summed E-state index contributed by atoms with van der Waals surface area (Å²) in [4.78, 5) is 12.7. The first kappa shape index (κ1) is 17.0. The number of hydrogen-bond acceptors (Lipinski definition) is 3. The van der Waals surface area contributed by atoms with Crippen molar-refractivity contribution in [1.29, 1.82) is 0 Å². The maximum absolute atomic E-state index is 12.7. The van der Waals surface area contributed by atoms with Crippen LogP contribution in [0.5, 0.6) is 0 Å². The Morgan fingerprint density at radius 2 is 1.96 bits per heavy atom. The van der Waals surface area contributed by atoms with E-state index in [0.29, 0.717) is 27.9 Å². The Morgan fingerprint density at radius 3 is 2.69 bits per heavy atom. The maximum atomic E-state index is 12.7. The molecular formula is C19H16ClN3O2S. The molecule has 0 spiro atoms. The number of nitrogens with one attached hydrogen (secondary N) is 1. The lowest BCUT2D eigenvalue weighted by molar-refractivity contribution is 0.102. The molecule has 26 heavy (non-hydrogen) atoms. The van der Waals surface area contributed by atoms with Gasteiger partial charge >= 0.3 is 0 Å². The Bertz CT molecular complexity index is 1030. The summed E-state index contributed by atoms with van der Waals surface area (Å²) in [5.41, 5.74) is 4.04. The number of anilines is 1. The topological polar surface area (TPSA) is 64.0 Å². The number of aromatic nitrogens is 2. The number of nitrogens with zero attached hydrogens (tertiary/aromatic N) is 2. The Kier molecular flexibility index (Phi) is 4.38. The van der Waals surface area contributed by atoms with Crippen LogP contribution in [0.25, 0.3) is 5.69 Å². The number of carbonyl (C=O) groups is 1. The van der Waals surface area contributed by atoms with Crippen molar-refractivity contribution in [3.63, 3.8) is 0 Å². The van der Waals surface area contributed by atoms with Gasteiger partial charge in [0.15, 0.2) is 0 Å². The van der Waals surface area contributed by atoms with Gasteiger partial charge in [-0.2, -0.15) is 5.10 Å². The van der Waals surface area contributed by atoms with Crippen LogP contribution >= 0.6 is 11.6 Å². The van der Waals surface area contributed by atoms with Gasteiger partial charge in [-0.15, -0.1) is 0 Å². The van der Waals surface area contributed by atoms with Gasteiger partial charge in [-0.25, -0.2) is 4.68 Å². The van der Waals surface area contributed by atoms with Gasteiger partial charge in [0, 0.05) is 26.9 Å². The van der Waals surface area contributed by atoms with Crippen molar-refractivity contribution in [1.82, 2.24) is 9.78 Å². The third kappa shape index (κ3) is 3.18. The molecule has 0 aliphatic carbocycles. The SMILES string of the molecule is Cc1ccc(-n2nc3c(c2NC(=O)c2cccc(Cl)c2)CS(=O)C3)cc1. The molecule has 0 radical (unpaired) electrons. The fourth-order valence-corrected chi connectivity index (χ4v) is 4.39. The normalized spacial score (nSPS) is 15.7. The van der Waals surface area contributed by atoms with Crippen molar-refractivity contribution in [2.75, 3.05) is 5.32 Å². The van der Waals surface area contributed by atoms with Crippen LogP contribution in [0.4, 0.5) is 5.82 Å². The van der Waals surface area contributed by atoms with E-state index < -0.39 is 10.8 Å². The second kappa shape index (κ2) is 6.70. The largest absolute Gasteiger partial charge is 0.306 e. The predicted molar refractivity (Wildman–Crippen MR) is 103 cm³/mol. The van der Waals surface area contributed by atoms with Crippen molar-refractivity contribution < 1.29 is 9.00 Å². The number of carbonyl (C=O) groups excluding carboxylic acids is 1. The molecule has 3 aromatic rings. The summed E-state index contributed by atoms with van der Waals surface area (Å²) in [5.74, 6) is 1.10. The third-order valence-electron chi connectivity index (χ3n) is 4.27. The number of aryl methyl sites for hydroxylation is 1. The number of rotatable bonds is 3. The lowest BCUT2D eigenvalue weighted by Gasteiger charge is -2.11. The van der Waals surface area contributed by atoms with Gasteiger partial charge in [-0.1, -0.05) is 35.4 Å². The monoisotopic (exact) mass is 385 g/mol. The molecule has 1 aromatic heterocycles. The van der Waals surface area contributed by atoms with Gasteiger partial charge < -0.3 is 5.32 Å². The summed E-state index contributed by atoms with van der Waals surface area (Å²) >= 11 is 5.99. The highest BCUT2D eigenvalue weighted by Crippen LogP contribution is 2.31. The predicted octanol–water partition coefficient (Wildman–Crippen LogP) is 3.85. The van der Waals surface area contributed by atoms with Gasteiger partial charge in [0.25, 0.3) is 5.91 Å². The smallest absolute Gasteiger partial charge is 0.256 e. The minimum absolute atomic E-state index is 0.277. The van der Waals surface area contributed by atoms with E-state index >= 15 is 0 Å². The number of halogens is 1. The number of amides is 1. The van der Waals surface area contributed by atoms with Crippen molar-refractivity contribution >= 4 is 34.1 Å². The van der Waals surface area contributed by atoms with E-state index in [4.69, 9.17) is 11.6 Å². The fourth-order valence-electron chi connectivity index (χ4n) is 2.94. The average Bonchev–Trinajstić information content (AvgIpc) is 3.13. The molecular weight excluding hydrogens is 370 g/mol. The molecule has 1 aliphatic heterocycles. The van der Waals surface area contributed by atoms with Crippen molar-refractivity contribution in [3.05, 3.63) is 75.9 Å². The first-order valence-electron chi connectivity index (χ1n) is 8.11. The second-order valence-corrected chi connectivity index (χ2v) is 8.11. The highest BCUT2D eigenvalue weighted by atomic mass is 35.5. The Balaban J connectivity index is 1.75. The Morgan fingerprint density at radius 1 is 1.19 bits per heavy atom. The molecule has 1 aliphatic rings. The lowest BCUT2D eigenvalue weighted by atomic mass is 10.2. The van der Waals surface area contributed by atoms with Crippen LogP contribution in [0, 0.1) is 6.92 Å². The van der Waals surface area contributed by atoms with Crippen LogP contribution in [-0.2, 0) is 22.3 Å². The minimum Gasteiger partial charge on any atom is -0.306 e. The zero-order chi connectivity index (χ0) is 18.3. The molecule has 0 saturated carbocycles. The zero-order valence-corrected chi connectivity index (χ0v) is 15.6. The van der Waals surface area contributed by atoms with E-state index in [0.717, 1.165) is 22.5 Å². The third-order valence-corrected chi connectivity index (χ3v) is 5.71. The first-order valence-corrected chi connectivity index (χ1v) is 9.97. The molecule has 0 fully saturated rings. The van der Waals surface area contributed by atoms with Crippen LogP contribution < -0.4 is 5.32 Å². The Hall–Kier alpha value is -2.44. The quantitative estimate of drug-likeness (QED) is 0.744. The molecule has 2 aromatic carbocycles. The molecule has 4 rings (SSSR count). The van der Waals surface area contributed by atoms with E-state index in [2.05, 4.69) is 10.4 Å². The van der Waals surface area contributed by atoms with Crippen LogP contribution in [0.15, 0.2) is 48.5 Å².